The summed E-state index contributed by atoms with van der Waals surface area (Å²) in [6.07, 6.45) is 5.05. The lowest BCUT2D eigenvalue weighted by molar-refractivity contribution is 0.0953. The van der Waals surface area contributed by atoms with Crippen LogP contribution in [0.5, 0.6) is 0 Å². The standard InChI is InChI=1S/C16H24N2O3S/c1-4-5-6-9-17-16(19)13-7-8-15-14(11-13)10-12(2)18(15)22(3,20)21/h7-8,11-12H,4-6,9-10H2,1-3H3,(H,17,19)/t12-/m1/s1. The Kier molecular flexibility index (Phi) is 5.11. The van der Waals surface area contributed by atoms with Gasteiger partial charge in [0.2, 0.25) is 10.0 Å². The van der Waals surface area contributed by atoms with Crippen molar-refractivity contribution in [2.75, 3.05) is 17.1 Å². The predicted molar refractivity (Wildman–Crippen MR) is 88.8 cm³/mol. The van der Waals surface area contributed by atoms with Gasteiger partial charge in [-0.1, -0.05) is 19.8 Å². The molecular weight excluding hydrogens is 300 g/mol. The van der Waals surface area contributed by atoms with Crippen LogP contribution in [0.3, 0.4) is 0 Å². The average molecular weight is 324 g/mol. The van der Waals surface area contributed by atoms with Crippen molar-refractivity contribution in [1.82, 2.24) is 5.32 Å². The largest absolute Gasteiger partial charge is 0.352 e. The number of unbranched alkanes of at least 4 members (excludes halogenated alkanes) is 2. The minimum Gasteiger partial charge on any atom is -0.352 e. The van der Waals surface area contributed by atoms with Gasteiger partial charge < -0.3 is 5.32 Å². The van der Waals surface area contributed by atoms with E-state index in [9.17, 15) is 13.2 Å². The van der Waals surface area contributed by atoms with Crippen LogP contribution in [-0.2, 0) is 16.4 Å². The average Bonchev–Trinajstić information content (AvgIpc) is 2.77. The number of sulfonamides is 1. The molecule has 2 rings (SSSR count). The zero-order valence-corrected chi connectivity index (χ0v) is 14.2. The molecule has 0 saturated heterocycles. The summed E-state index contributed by atoms with van der Waals surface area (Å²) in [6.45, 7) is 4.68. The van der Waals surface area contributed by atoms with Gasteiger partial charge in [0.15, 0.2) is 0 Å². The molecule has 1 aromatic rings. The Hall–Kier alpha value is -1.56. The maximum absolute atomic E-state index is 12.1. The monoisotopic (exact) mass is 324 g/mol. The van der Waals surface area contributed by atoms with Gasteiger partial charge in [-0.05, 0) is 43.5 Å². The van der Waals surface area contributed by atoms with Gasteiger partial charge in [0.25, 0.3) is 5.91 Å². The van der Waals surface area contributed by atoms with Crippen molar-refractivity contribution < 1.29 is 13.2 Å². The van der Waals surface area contributed by atoms with Gasteiger partial charge >= 0.3 is 0 Å². The van der Waals surface area contributed by atoms with E-state index in [1.807, 2.05) is 13.0 Å². The van der Waals surface area contributed by atoms with E-state index in [1.165, 1.54) is 10.6 Å². The third-order valence-corrected chi connectivity index (χ3v) is 5.19. The molecule has 5 nitrogen and oxygen atoms in total. The third-order valence-electron chi connectivity index (χ3n) is 3.92. The highest BCUT2D eigenvalue weighted by atomic mass is 32.2. The second-order valence-corrected chi connectivity index (χ2v) is 7.78. The molecule has 0 bridgehead atoms. The van der Waals surface area contributed by atoms with E-state index in [4.69, 9.17) is 0 Å². The minimum absolute atomic E-state index is 0.0932. The molecule has 1 heterocycles. The van der Waals surface area contributed by atoms with E-state index in [0.717, 1.165) is 24.8 Å². The van der Waals surface area contributed by atoms with Crippen molar-refractivity contribution in [2.24, 2.45) is 0 Å². The molecule has 1 aliphatic rings. The van der Waals surface area contributed by atoms with Crippen molar-refractivity contribution in [1.29, 1.82) is 0 Å². The Morgan fingerprint density at radius 1 is 1.36 bits per heavy atom. The summed E-state index contributed by atoms with van der Waals surface area (Å²) < 4.78 is 25.2. The van der Waals surface area contributed by atoms with Crippen LogP contribution in [0.4, 0.5) is 5.69 Å². The fraction of sp³-hybridized carbons (Fsp3) is 0.562. The highest BCUT2D eigenvalue weighted by Crippen LogP contribution is 2.34. The molecule has 1 N–H and O–H groups in total. The number of rotatable bonds is 6. The van der Waals surface area contributed by atoms with E-state index in [-0.39, 0.29) is 11.9 Å². The van der Waals surface area contributed by atoms with Crippen LogP contribution >= 0.6 is 0 Å². The van der Waals surface area contributed by atoms with Crippen molar-refractivity contribution in [3.63, 3.8) is 0 Å². The number of hydrogen-bond acceptors (Lipinski definition) is 3. The number of hydrogen-bond donors (Lipinski definition) is 1. The lowest BCUT2D eigenvalue weighted by atomic mass is 10.1. The molecule has 1 aliphatic heterocycles. The van der Waals surface area contributed by atoms with Gasteiger partial charge in [-0.15, -0.1) is 0 Å². The summed E-state index contributed by atoms with van der Waals surface area (Å²) >= 11 is 0. The van der Waals surface area contributed by atoms with E-state index in [1.54, 1.807) is 12.1 Å². The van der Waals surface area contributed by atoms with E-state index >= 15 is 0 Å². The first-order chi connectivity index (χ1) is 10.3. The summed E-state index contributed by atoms with van der Waals surface area (Å²) in [5, 5.41) is 2.91. The summed E-state index contributed by atoms with van der Waals surface area (Å²) in [6, 6.07) is 5.14. The second kappa shape index (κ2) is 6.69. The number of benzene rings is 1. The Morgan fingerprint density at radius 2 is 2.09 bits per heavy atom. The molecule has 0 fully saturated rings. The van der Waals surface area contributed by atoms with Crippen molar-refractivity contribution in [2.45, 2.75) is 45.6 Å². The molecule has 0 saturated carbocycles. The molecule has 0 aliphatic carbocycles. The number of nitrogens with zero attached hydrogens (tertiary/aromatic N) is 1. The van der Waals surface area contributed by atoms with E-state index in [2.05, 4.69) is 12.2 Å². The van der Waals surface area contributed by atoms with Gasteiger partial charge in [-0.3, -0.25) is 9.10 Å². The molecule has 1 atom stereocenters. The number of amides is 1. The molecule has 6 heteroatoms. The maximum atomic E-state index is 12.1. The quantitative estimate of drug-likeness (QED) is 0.817. The Balaban J connectivity index is 2.13. The number of carbonyl (C=O) groups is 1. The van der Waals surface area contributed by atoms with Crippen molar-refractivity contribution in [3.05, 3.63) is 29.3 Å². The number of nitrogens with one attached hydrogen (secondary N) is 1. The summed E-state index contributed by atoms with van der Waals surface area (Å²) in [4.78, 5) is 12.1. The lowest BCUT2D eigenvalue weighted by Crippen LogP contribution is -2.34. The smallest absolute Gasteiger partial charge is 0.251 e. The SMILES string of the molecule is CCCCCNC(=O)c1ccc2c(c1)C[C@@H](C)N2S(C)(=O)=O. The van der Waals surface area contributed by atoms with Gasteiger partial charge in [0.05, 0.1) is 11.9 Å². The van der Waals surface area contributed by atoms with Gasteiger partial charge in [-0.25, -0.2) is 8.42 Å². The topological polar surface area (TPSA) is 66.5 Å². The first-order valence-corrected chi connectivity index (χ1v) is 9.60. The van der Waals surface area contributed by atoms with Gasteiger partial charge in [0.1, 0.15) is 0 Å². The van der Waals surface area contributed by atoms with Crippen LogP contribution in [-0.4, -0.2) is 33.2 Å². The van der Waals surface area contributed by atoms with Crippen molar-refractivity contribution >= 4 is 21.6 Å². The summed E-state index contributed by atoms with van der Waals surface area (Å²) in [5.41, 5.74) is 2.20. The zero-order valence-electron chi connectivity index (χ0n) is 13.4. The zero-order chi connectivity index (χ0) is 16.3. The van der Waals surface area contributed by atoms with Crippen LogP contribution in [0, 0.1) is 0 Å². The van der Waals surface area contributed by atoms with E-state index < -0.39 is 10.0 Å². The first kappa shape index (κ1) is 16.8. The molecule has 22 heavy (non-hydrogen) atoms. The van der Waals surface area contributed by atoms with Crippen LogP contribution in [0.2, 0.25) is 0 Å². The predicted octanol–water partition coefficient (Wildman–Crippen LogP) is 2.32. The van der Waals surface area contributed by atoms with Gasteiger partial charge in [-0.2, -0.15) is 0 Å². The molecule has 122 valence electrons. The molecular formula is C16H24N2O3S. The van der Waals surface area contributed by atoms with Crippen LogP contribution in [0.1, 0.15) is 49.0 Å². The third kappa shape index (κ3) is 3.61. The molecule has 1 amide bonds. The van der Waals surface area contributed by atoms with Crippen LogP contribution < -0.4 is 9.62 Å². The Bertz CT molecular complexity index is 655. The Labute approximate surface area is 132 Å². The normalized spacial score (nSPS) is 17.4. The maximum Gasteiger partial charge on any atom is 0.251 e. The number of anilines is 1. The Morgan fingerprint density at radius 3 is 2.73 bits per heavy atom. The highest BCUT2D eigenvalue weighted by molar-refractivity contribution is 7.92. The molecule has 0 aromatic heterocycles. The fourth-order valence-corrected chi connectivity index (χ4v) is 4.19. The van der Waals surface area contributed by atoms with Crippen LogP contribution in [0.25, 0.3) is 0 Å². The molecule has 0 radical (unpaired) electrons. The minimum atomic E-state index is -3.29. The van der Waals surface area contributed by atoms with Crippen LogP contribution in [0.15, 0.2) is 18.2 Å². The number of fused-ring (bicyclic) bond motifs is 1. The summed E-state index contributed by atoms with van der Waals surface area (Å²) in [7, 11) is -3.29. The summed E-state index contributed by atoms with van der Waals surface area (Å²) in [5.74, 6) is -0.0932. The molecule has 0 unspecified atom stereocenters. The molecule has 1 aromatic carbocycles. The first-order valence-electron chi connectivity index (χ1n) is 7.75. The lowest BCUT2D eigenvalue weighted by Gasteiger charge is -2.21. The fourth-order valence-electron chi connectivity index (χ4n) is 2.93. The van der Waals surface area contributed by atoms with Gasteiger partial charge in [0, 0.05) is 18.2 Å². The van der Waals surface area contributed by atoms with E-state index in [0.29, 0.717) is 24.2 Å². The number of carbonyl (C=O) groups excluding carboxylic acids is 1. The van der Waals surface area contributed by atoms with Crippen molar-refractivity contribution in [3.8, 4) is 0 Å². The highest BCUT2D eigenvalue weighted by Gasteiger charge is 2.32. The molecule has 0 spiro atoms. The second-order valence-electron chi connectivity index (χ2n) is 5.92.